The van der Waals surface area contributed by atoms with Gasteiger partial charge in [-0.3, -0.25) is 9.69 Å². The maximum absolute atomic E-state index is 13.1. The molecule has 3 heterocycles. The van der Waals surface area contributed by atoms with Crippen molar-refractivity contribution >= 4 is 5.91 Å². The number of likely N-dealkylation sites (tertiary alicyclic amines) is 1. The summed E-state index contributed by atoms with van der Waals surface area (Å²) in [6.45, 7) is 7.32. The van der Waals surface area contributed by atoms with E-state index in [-0.39, 0.29) is 5.91 Å². The molecule has 1 aromatic heterocycles. The van der Waals surface area contributed by atoms with E-state index >= 15 is 0 Å². The molecule has 0 unspecified atom stereocenters. The van der Waals surface area contributed by atoms with Crippen molar-refractivity contribution in [3.8, 4) is 0 Å². The fraction of sp³-hybridized carbons (Fsp3) is 0.550. The summed E-state index contributed by atoms with van der Waals surface area (Å²) >= 11 is 0. The minimum Gasteiger partial charge on any atom is -0.333 e. The van der Waals surface area contributed by atoms with Crippen LogP contribution in [0.4, 0.5) is 0 Å². The summed E-state index contributed by atoms with van der Waals surface area (Å²) in [6, 6.07) is 7.83. The van der Waals surface area contributed by atoms with E-state index < -0.39 is 0 Å². The molecule has 0 spiro atoms. The molecule has 1 fully saturated rings. The molecule has 0 radical (unpaired) electrons. The topological polar surface area (TPSA) is 54.3 Å². The highest BCUT2D eigenvalue weighted by molar-refractivity contribution is 5.95. The van der Waals surface area contributed by atoms with Gasteiger partial charge in [-0.15, -0.1) is 5.10 Å². The highest BCUT2D eigenvalue weighted by Crippen LogP contribution is 2.20. The second kappa shape index (κ2) is 7.58. The van der Waals surface area contributed by atoms with Gasteiger partial charge in [-0.2, -0.15) is 0 Å². The van der Waals surface area contributed by atoms with E-state index in [4.69, 9.17) is 0 Å². The van der Waals surface area contributed by atoms with Crippen molar-refractivity contribution in [3.05, 3.63) is 46.8 Å². The third-order valence-corrected chi connectivity index (χ3v) is 5.54. The van der Waals surface area contributed by atoms with E-state index in [9.17, 15) is 4.79 Å². The van der Waals surface area contributed by atoms with Gasteiger partial charge in [0.2, 0.25) is 0 Å². The van der Waals surface area contributed by atoms with Crippen molar-refractivity contribution in [2.24, 2.45) is 0 Å². The predicted octanol–water partition coefficient (Wildman–Crippen LogP) is 2.62. The van der Waals surface area contributed by atoms with Gasteiger partial charge in [0.15, 0.2) is 0 Å². The number of aromatic nitrogens is 3. The number of aryl methyl sites for hydroxylation is 2. The minimum atomic E-state index is 0.113. The number of nitrogens with zero attached hydrogens (tertiary/aromatic N) is 5. The molecule has 1 saturated heterocycles. The Bertz CT molecular complexity index is 778. The van der Waals surface area contributed by atoms with Gasteiger partial charge < -0.3 is 4.90 Å². The Balaban J connectivity index is 1.54. The SMILES string of the molecule is Cc1ccccc1C(=O)N1CCCn2nnc(CN3CCCCC3)c2C1. The first-order valence-corrected chi connectivity index (χ1v) is 9.71. The first-order chi connectivity index (χ1) is 12.7. The summed E-state index contributed by atoms with van der Waals surface area (Å²) in [4.78, 5) is 17.5. The number of piperidine rings is 1. The number of carbonyl (C=O) groups is 1. The van der Waals surface area contributed by atoms with Crippen LogP contribution in [0.1, 0.15) is 53.0 Å². The Kier molecular flexibility index (Phi) is 5.02. The number of rotatable bonds is 3. The van der Waals surface area contributed by atoms with Gasteiger partial charge in [0.25, 0.3) is 5.91 Å². The molecule has 0 bridgehead atoms. The molecule has 1 amide bonds. The molecule has 0 aliphatic carbocycles. The predicted molar refractivity (Wildman–Crippen MR) is 99.7 cm³/mol. The number of hydrogen-bond acceptors (Lipinski definition) is 4. The standard InChI is InChI=1S/C20H27N5O/c1-16-8-3-4-9-17(16)20(26)24-12-7-13-25-19(15-24)18(21-22-25)14-23-10-5-2-6-11-23/h3-4,8-9H,2,5-7,10-15H2,1H3. The molecule has 2 aliphatic rings. The maximum Gasteiger partial charge on any atom is 0.254 e. The summed E-state index contributed by atoms with van der Waals surface area (Å²) in [5, 5.41) is 8.82. The second-order valence-corrected chi connectivity index (χ2v) is 7.44. The lowest BCUT2D eigenvalue weighted by molar-refractivity contribution is 0.0744. The fourth-order valence-corrected chi connectivity index (χ4v) is 4.00. The highest BCUT2D eigenvalue weighted by atomic mass is 16.2. The monoisotopic (exact) mass is 353 g/mol. The average molecular weight is 353 g/mol. The summed E-state index contributed by atoms with van der Waals surface area (Å²) < 4.78 is 2.00. The minimum absolute atomic E-state index is 0.113. The Morgan fingerprint density at radius 1 is 1.04 bits per heavy atom. The van der Waals surface area contributed by atoms with Crippen LogP contribution < -0.4 is 0 Å². The molecule has 0 atom stereocenters. The van der Waals surface area contributed by atoms with Gasteiger partial charge in [0.05, 0.1) is 12.2 Å². The van der Waals surface area contributed by atoms with Gasteiger partial charge >= 0.3 is 0 Å². The van der Waals surface area contributed by atoms with Crippen molar-refractivity contribution in [2.45, 2.75) is 52.2 Å². The summed E-state index contributed by atoms with van der Waals surface area (Å²) in [5.41, 5.74) is 3.97. The zero-order valence-electron chi connectivity index (χ0n) is 15.5. The molecule has 6 nitrogen and oxygen atoms in total. The van der Waals surface area contributed by atoms with Crippen molar-refractivity contribution < 1.29 is 4.79 Å². The quantitative estimate of drug-likeness (QED) is 0.851. The number of carbonyl (C=O) groups excluding carboxylic acids is 1. The molecule has 138 valence electrons. The van der Waals surface area contributed by atoms with E-state index in [0.717, 1.165) is 61.7 Å². The third-order valence-electron chi connectivity index (χ3n) is 5.54. The van der Waals surface area contributed by atoms with Crippen LogP contribution in [0.25, 0.3) is 0 Å². The molecule has 6 heteroatoms. The maximum atomic E-state index is 13.1. The Morgan fingerprint density at radius 3 is 2.65 bits per heavy atom. The molecule has 26 heavy (non-hydrogen) atoms. The van der Waals surface area contributed by atoms with Gasteiger partial charge in [-0.1, -0.05) is 29.8 Å². The van der Waals surface area contributed by atoms with Crippen LogP contribution in [-0.2, 0) is 19.6 Å². The zero-order valence-corrected chi connectivity index (χ0v) is 15.5. The van der Waals surface area contributed by atoms with Gasteiger partial charge in [-0.05, 0) is 50.9 Å². The molecular formula is C20H27N5O. The third kappa shape index (κ3) is 3.51. The first kappa shape index (κ1) is 17.2. The smallest absolute Gasteiger partial charge is 0.254 e. The van der Waals surface area contributed by atoms with Crippen LogP contribution in [-0.4, -0.2) is 50.3 Å². The Hall–Kier alpha value is -2.21. The van der Waals surface area contributed by atoms with Crippen molar-refractivity contribution in [1.29, 1.82) is 0 Å². The van der Waals surface area contributed by atoms with Gasteiger partial charge in [0.1, 0.15) is 5.69 Å². The first-order valence-electron chi connectivity index (χ1n) is 9.71. The van der Waals surface area contributed by atoms with Crippen molar-refractivity contribution in [2.75, 3.05) is 19.6 Å². The molecule has 4 rings (SSSR count). The van der Waals surface area contributed by atoms with E-state index in [1.54, 1.807) is 0 Å². The molecule has 0 N–H and O–H groups in total. The van der Waals surface area contributed by atoms with Crippen LogP contribution >= 0.6 is 0 Å². The normalized spacial score (nSPS) is 18.4. The van der Waals surface area contributed by atoms with Crippen LogP contribution in [0.5, 0.6) is 0 Å². The lowest BCUT2D eigenvalue weighted by Crippen LogP contribution is -2.33. The number of fused-ring (bicyclic) bond motifs is 1. The van der Waals surface area contributed by atoms with Crippen molar-refractivity contribution in [3.63, 3.8) is 0 Å². The highest BCUT2D eigenvalue weighted by Gasteiger charge is 2.25. The zero-order chi connectivity index (χ0) is 17.9. The summed E-state index contributed by atoms with van der Waals surface area (Å²) in [6.07, 6.45) is 4.77. The van der Waals surface area contributed by atoms with Crippen LogP contribution in [0, 0.1) is 6.92 Å². The van der Waals surface area contributed by atoms with Crippen molar-refractivity contribution in [1.82, 2.24) is 24.8 Å². The van der Waals surface area contributed by atoms with Crippen LogP contribution in [0.15, 0.2) is 24.3 Å². The molecule has 0 saturated carbocycles. The van der Waals surface area contributed by atoms with Gasteiger partial charge in [-0.25, -0.2) is 4.68 Å². The van der Waals surface area contributed by atoms with Crippen LogP contribution in [0.2, 0.25) is 0 Å². The van der Waals surface area contributed by atoms with E-state index in [2.05, 4.69) is 15.2 Å². The lowest BCUT2D eigenvalue weighted by atomic mass is 10.1. The largest absolute Gasteiger partial charge is 0.333 e. The summed E-state index contributed by atoms with van der Waals surface area (Å²) in [5.74, 6) is 0.113. The number of hydrogen-bond donors (Lipinski definition) is 0. The number of amides is 1. The molecule has 2 aliphatic heterocycles. The Morgan fingerprint density at radius 2 is 1.85 bits per heavy atom. The Labute approximate surface area is 154 Å². The average Bonchev–Trinajstić information content (AvgIpc) is 2.90. The lowest BCUT2D eigenvalue weighted by Gasteiger charge is -2.26. The molecule has 2 aromatic rings. The van der Waals surface area contributed by atoms with E-state index in [0.29, 0.717) is 6.54 Å². The second-order valence-electron chi connectivity index (χ2n) is 7.44. The summed E-state index contributed by atoms with van der Waals surface area (Å²) in [7, 11) is 0. The van der Waals surface area contributed by atoms with Crippen LogP contribution in [0.3, 0.4) is 0 Å². The molecule has 1 aromatic carbocycles. The fourth-order valence-electron chi connectivity index (χ4n) is 4.00. The van der Waals surface area contributed by atoms with Gasteiger partial charge in [0, 0.05) is 25.2 Å². The molecular weight excluding hydrogens is 326 g/mol. The number of benzene rings is 1. The van der Waals surface area contributed by atoms with E-state index in [1.807, 2.05) is 40.8 Å². The van der Waals surface area contributed by atoms with E-state index in [1.165, 1.54) is 19.3 Å².